The minimum absolute atomic E-state index is 0.126. The maximum Gasteiger partial charge on any atom is 0.275 e. The third-order valence-electron chi connectivity index (χ3n) is 2.59. The molecule has 0 radical (unpaired) electrons. The molecule has 0 unspecified atom stereocenters. The van der Waals surface area contributed by atoms with Gasteiger partial charge in [-0.2, -0.15) is 5.10 Å². The quantitative estimate of drug-likeness (QED) is 0.659. The molecule has 0 bridgehead atoms. The average Bonchev–Trinajstić information content (AvgIpc) is 2.86. The van der Waals surface area contributed by atoms with Gasteiger partial charge in [0.1, 0.15) is 5.75 Å². The van der Waals surface area contributed by atoms with E-state index in [0.717, 1.165) is 6.54 Å². The van der Waals surface area contributed by atoms with Crippen LogP contribution in [0.25, 0.3) is 0 Å². The minimum Gasteiger partial charge on any atom is -0.454 e. The number of hydrogen-bond donors (Lipinski definition) is 1. The lowest BCUT2D eigenvalue weighted by molar-refractivity contribution is -0.385. The summed E-state index contributed by atoms with van der Waals surface area (Å²) in [5.74, 6) is 0.963. The summed E-state index contributed by atoms with van der Waals surface area (Å²) >= 11 is 0. The molecule has 0 saturated heterocycles. The fraction of sp³-hybridized carbons (Fsp3) is 0.250. The smallest absolute Gasteiger partial charge is 0.275 e. The number of aliphatic hydroxyl groups excluding tert-OH is 1. The highest BCUT2D eigenvalue weighted by Crippen LogP contribution is 2.27. The van der Waals surface area contributed by atoms with E-state index in [2.05, 4.69) is 5.10 Å². The second-order valence-electron chi connectivity index (χ2n) is 3.84. The number of aryl methyl sites for hydroxylation is 1. The summed E-state index contributed by atoms with van der Waals surface area (Å²) in [5.41, 5.74) is 0.0875. The number of aromatic nitrogens is 2. The van der Waals surface area contributed by atoms with Gasteiger partial charge < -0.3 is 9.84 Å². The molecule has 1 aromatic carbocycles. The predicted octanol–water partition coefficient (Wildman–Crippen LogP) is 2.10. The third kappa shape index (κ3) is 2.89. The number of nitro groups is 1. The average molecular weight is 263 g/mol. The van der Waals surface area contributed by atoms with E-state index in [1.54, 1.807) is 17.1 Å². The summed E-state index contributed by atoms with van der Waals surface area (Å²) < 4.78 is 7.22. The maximum absolute atomic E-state index is 10.7. The number of benzene rings is 1. The molecule has 1 aromatic heterocycles. The van der Waals surface area contributed by atoms with Crippen LogP contribution < -0.4 is 4.74 Å². The molecule has 2 rings (SSSR count). The van der Waals surface area contributed by atoms with Crippen molar-refractivity contribution < 1.29 is 14.8 Å². The lowest BCUT2D eigenvalue weighted by atomic mass is 10.2. The molecule has 0 amide bonds. The highest BCUT2D eigenvalue weighted by Gasteiger charge is 2.14. The van der Waals surface area contributed by atoms with Crippen LogP contribution in [0.5, 0.6) is 11.5 Å². The van der Waals surface area contributed by atoms with E-state index in [9.17, 15) is 10.1 Å². The van der Waals surface area contributed by atoms with Crippen molar-refractivity contribution >= 4 is 5.69 Å². The second-order valence-corrected chi connectivity index (χ2v) is 3.84. The Kier molecular flexibility index (Phi) is 3.76. The van der Waals surface area contributed by atoms with E-state index in [1.165, 1.54) is 18.2 Å². The van der Waals surface area contributed by atoms with Gasteiger partial charge in [0.25, 0.3) is 5.69 Å². The molecule has 0 atom stereocenters. The Morgan fingerprint density at radius 1 is 1.47 bits per heavy atom. The Labute approximate surface area is 109 Å². The van der Waals surface area contributed by atoms with Crippen LogP contribution in [-0.4, -0.2) is 19.8 Å². The number of rotatable bonds is 5. The third-order valence-corrected chi connectivity index (χ3v) is 2.59. The molecule has 1 heterocycles. The first-order chi connectivity index (χ1) is 9.13. The van der Waals surface area contributed by atoms with Crippen molar-refractivity contribution in [1.82, 2.24) is 9.78 Å². The van der Waals surface area contributed by atoms with Crippen LogP contribution in [0.3, 0.4) is 0 Å². The Morgan fingerprint density at radius 3 is 2.84 bits per heavy atom. The molecular formula is C12H13N3O4. The maximum atomic E-state index is 10.7. The molecule has 1 N–H and O–H groups in total. The number of nitro benzene ring substituents is 1. The molecular weight excluding hydrogens is 250 g/mol. The van der Waals surface area contributed by atoms with Crippen molar-refractivity contribution in [2.24, 2.45) is 0 Å². The summed E-state index contributed by atoms with van der Waals surface area (Å²) in [6.45, 7) is 2.26. The van der Waals surface area contributed by atoms with E-state index >= 15 is 0 Å². The first kappa shape index (κ1) is 13.0. The van der Waals surface area contributed by atoms with Crippen LogP contribution in [0.15, 0.2) is 30.6 Å². The van der Waals surface area contributed by atoms with E-state index < -0.39 is 11.5 Å². The van der Waals surface area contributed by atoms with Crippen molar-refractivity contribution in [2.45, 2.75) is 20.1 Å². The van der Waals surface area contributed by atoms with Crippen molar-refractivity contribution in [2.75, 3.05) is 0 Å². The van der Waals surface area contributed by atoms with E-state index in [1.807, 2.05) is 6.92 Å². The van der Waals surface area contributed by atoms with E-state index in [0.29, 0.717) is 11.5 Å². The largest absolute Gasteiger partial charge is 0.454 e. The Balaban J connectivity index is 2.23. The van der Waals surface area contributed by atoms with Gasteiger partial charge in [0, 0.05) is 12.6 Å². The van der Waals surface area contributed by atoms with Gasteiger partial charge >= 0.3 is 0 Å². The molecule has 0 aliphatic heterocycles. The number of aliphatic hydroxyl groups is 1. The summed E-state index contributed by atoms with van der Waals surface area (Å²) in [7, 11) is 0. The van der Waals surface area contributed by atoms with Gasteiger partial charge in [-0.3, -0.25) is 14.8 Å². The molecule has 0 aliphatic rings. The van der Waals surface area contributed by atoms with Crippen LogP contribution in [-0.2, 0) is 13.2 Å². The summed E-state index contributed by atoms with van der Waals surface area (Å²) in [4.78, 5) is 10.2. The van der Waals surface area contributed by atoms with Gasteiger partial charge in [-0.15, -0.1) is 0 Å². The van der Waals surface area contributed by atoms with Crippen LogP contribution in [0.4, 0.5) is 5.69 Å². The summed E-state index contributed by atoms with van der Waals surface area (Å²) in [5, 5.41) is 23.9. The lowest BCUT2D eigenvalue weighted by Crippen LogP contribution is -1.96. The number of ether oxygens (including phenoxy) is 1. The fourth-order valence-electron chi connectivity index (χ4n) is 1.64. The zero-order valence-corrected chi connectivity index (χ0v) is 10.3. The SMILES string of the molecule is CCn1cc(Oc2ccc([N+](=O)[O-])c(CO)c2)cn1. The number of nitrogens with zero attached hydrogens (tertiary/aromatic N) is 3. The van der Waals surface area contributed by atoms with Gasteiger partial charge in [0.2, 0.25) is 0 Å². The first-order valence-corrected chi connectivity index (χ1v) is 5.72. The van der Waals surface area contributed by atoms with Crippen molar-refractivity contribution in [3.63, 3.8) is 0 Å². The van der Waals surface area contributed by atoms with Gasteiger partial charge in [-0.1, -0.05) is 0 Å². The monoisotopic (exact) mass is 263 g/mol. The molecule has 19 heavy (non-hydrogen) atoms. The van der Waals surface area contributed by atoms with Gasteiger partial charge in [-0.25, -0.2) is 0 Å². The molecule has 0 spiro atoms. The molecule has 7 heteroatoms. The zero-order chi connectivity index (χ0) is 13.8. The van der Waals surface area contributed by atoms with Crippen molar-refractivity contribution in [3.8, 4) is 11.5 Å². The van der Waals surface area contributed by atoms with Crippen molar-refractivity contribution in [1.29, 1.82) is 0 Å². The highest BCUT2D eigenvalue weighted by atomic mass is 16.6. The molecule has 0 fully saturated rings. The fourth-order valence-corrected chi connectivity index (χ4v) is 1.64. The minimum atomic E-state index is -0.537. The van der Waals surface area contributed by atoms with E-state index in [4.69, 9.17) is 9.84 Å². The predicted molar refractivity (Wildman–Crippen MR) is 67.0 cm³/mol. The first-order valence-electron chi connectivity index (χ1n) is 5.72. The van der Waals surface area contributed by atoms with Gasteiger partial charge in [0.05, 0.1) is 29.5 Å². The molecule has 100 valence electrons. The lowest BCUT2D eigenvalue weighted by Gasteiger charge is -2.05. The Hall–Kier alpha value is -2.41. The van der Waals surface area contributed by atoms with Gasteiger partial charge in [-0.05, 0) is 19.1 Å². The Bertz CT molecular complexity index is 594. The van der Waals surface area contributed by atoms with Crippen LogP contribution in [0.1, 0.15) is 12.5 Å². The van der Waals surface area contributed by atoms with Gasteiger partial charge in [0.15, 0.2) is 5.75 Å². The van der Waals surface area contributed by atoms with Crippen LogP contribution >= 0.6 is 0 Å². The van der Waals surface area contributed by atoms with Crippen LogP contribution in [0, 0.1) is 10.1 Å². The zero-order valence-electron chi connectivity index (χ0n) is 10.3. The summed E-state index contributed by atoms with van der Waals surface area (Å²) in [6, 6.07) is 4.24. The molecule has 7 nitrogen and oxygen atoms in total. The molecule has 2 aromatic rings. The van der Waals surface area contributed by atoms with Crippen molar-refractivity contribution in [3.05, 3.63) is 46.3 Å². The Morgan fingerprint density at radius 2 is 2.26 bits per heavy atom. The van der Waals surface area contributed by atoms with E-state index in [-0.39, 0.29) is 11.3 Å². The molecule has 0 saturated carbocycles. The number of hydrogen-bond acceptors (Lipinski definition) is 5. The topological polar surface area (TPSA) is 90.4 Å². The second kappa shape index (κ2) is 5.49. The molecule has 0 aliphatic carbocycles. The van der Waals surface area contributed by atoms with Crippen LogP contribution in [0.2, 0.25) is 0 Å². The summed E-state index contributed by atoms with van der Waals surface area (Å²) in [6.07, 6.45) is 3.28. The normalized spacial score (nSPS) is 10.4. The highest BCUT2D eigenvalue weighted by molar-refractivity contribution is 5.45. The standard InChI is InChI=1S/C12H13N3O4/c1-2-14-7-11(6-13-14)19-10-3-4-12(15(17)18)9(5-10)8-16/h3-7,16H,2,8H2,1H3.